The van der Waals surface area contributed by atoms with Gasteiger partial charge < -0.3 is 9.64 Å². The molecule has 0 radical (unpaired) electrons. The second-order valence-electron chi connectivity index (χ2n) is 6.51. The van der Waals surface area contributed by atoms with Gasteiger partial charge in [-0.2, -0.15) is 4.52 Å². The third-order valence-electron chi connectivity index (χ3n) is 4.52. The number of fused-ring (bicyclic) bond motifs is 1. The van der Waals surface area contributed by atoms with Crippen LogP contribution in [0.1, 0.15) is 30.7 Å². The van der Waals surface area contributed by atoms with Crippen LogP contribution in [0.25, 0.3) is 4.96 Å². The highest BCUT2D eigenvalue weighted by Crippen LogP contribution is 2.34. The van der Waals surface area contributed by atoms with Crippen LogP contribution >= 0.6 is 34.5 Å². The van der Waals surface area contributed by atoms with Crippen LogP contribution in [0.2, 0.25) is 10.0 Å². The minimum Gasteiger partial charge on any atom is -0.370 e. The van der Waals surface area contributed by atoms with Crippen molar-refractivity contribution in [2.45, 2.75) is 25.9 Å². The van der Waals surface area contributed by atoms with E-state index in [9.17, 15) is 9.18 Å². The monoisotopic (exact) mass is 442 g/mol. The lowest BCUT2D eigenvalue weighted by atomic mass is 10.1. The molecule has 4 rings (SSSR count). The van der Waals surface area contributed by atoms with Crippen molar-refractivity contribution in [2.75, 3.05) is 24.6 Å². The second kappa shape index (κ2) is 7.94. The molecule has 0 N–H and O–H groups in total. The minimum atomic E-state index is -0.541. The number of ether oxygens (including phenoxy) is 1. The van der Waals surface area contributed by atoms with Crippen molar-refractivity contribution in [3.8, 4) is 0 Å². The molecule has 1 aliphatic rings. The van der Waals surface area contributed by atoms with Gasteiger partial charge >= 0.3 is 0 Å². The molecule has 0 spiro atoms. The third-order valence-corrected chi connectivity index (χ3v) is 6.10. The van der Waals surface area contributed by atoms with Crippen molar-refractivity contribution in [3.05, 3.63) is 55.7 Å². The minimum absolute atomic E-state index is 0.0269. The maximum absolute atomic E-state index is 13.9. The Bertz CT molecular complexity index is 1090. The van der Waals surface area contributed by atoms with Crippen LogP contribution in [-0.2, 0) is 11.2 Å². The number of benzene rings is 1. The summed E-state index contributed by atoms with van der Waals surface area (Å²) >= 11 is 13.4. The lowest BCUT2D eigenvalue weighted by Crippen LogP contribution is -2.38. The average Bonchev–Trinajstić information content (AvgIpc) is 3.10. The smallest absolute Gasteiger partial charge is 0.275 e. The van der Waals surface area contributed by atoms with Crippen LogP contribution < -0.4 is 10.5 Å². The molecular weight excluding hydrogens is 426 g/mol. The summed E-state index contributed by atoms with van der Waals surface area (Å²) in [7, 11) is 0. The Hall–Kier alpha value is -1.74. The third kappa shape index (κ3) is 3.74. The van der Waals surface area contributed by atoms with E-state index in [-0.39, 0.29) is 10.6 Å². The van der Waals surface area contributed by atoms with Crippen molar-refractivity contribution in [3.63, 3.8) is 0 Å². The van der Waals surface area contributed by atoms with Crippen molar-refractivity contribution >= 4 is 44.6 Å². The molecule has 0 bridgehead atoms. The standard InChI is InChI=1S/C18H17Cl2FN4O2S/c1-2-3-10-6-16(26)25-17(22-10)28-18(23-25)24-4-5-27-15(9-24)11-7-14(21)13(20)8-12(11)19/h6-8,15H,2-5,9H2,1H3. The highest BCUT2D eigenvalue weighted by molar-refractivity contribution is 7.20. The zero-order chi connectivity index (χ0) is 19.8. The number of nitrogens with zero attached hydrogens (tertiary/aromatic N) is 4. The number of aromatic nitrogens is 3. The molecule has 1 atom stereocenters. The maximum atomic E-state index is 13.9. The molecule has 0 aliphatic carbocycles. The largest absolute Gasteiger partial charge is 0.370 e. The number of anilines is 1. The normalized spacial score (nSPS) is 17.4. The van der Waals surface area contributed by atoms with Gasteiger partial charge in [-0.3, -0.25) is 4.79 Å². The van der Waals surface area contributed by atoms with Gasteiger partial charge in [-0.25, -0.2) is 9.37 Å². The van der Waals surface area contributed by atoms with E-state index in [1.807, 2.05) is 11.8 Å². The van der Waals surface area contributed by atoms with Crippen molar-refractivity contribution in [2.24, 2.45) is 0 Å². The zero-order valence-electron chi connectivity index (χ0n) is 15.0. The first-order valence-electron chi connectivity index (χ1n) is 8.87. The molecule has 10 heteroatoms. The van der Waals surface area contributed by atoms with Gasteiger partial charge in [0.1, 0.15) is 11.9 Å². The highest BCUT2D eigenvalue weighted by Gasteiger charge is 2.27. The van der Waals surface area contributed by atoms with Gasteiger partial charge in [0.15, 0.2) is 0 Å². The van der Waals surface area contributed by atoms with Crippen LogP contribution in [0.3, 0.4) is 0 Å². The number of hydrogen-bond acceptors (Lipinski definition) is 6. The predicted molar refractivity (Wildman–Crippen MR) is 108 cm³/mol. The fourth-order valence-corrected chi connectivity index (χ4v) is 4.62. The van der Waals surface area contributed by atoms with Gasteiger partial charge in [-0.15, -0.1) is 5.10 Å². The molecule has 1 aliphatic heterocycles. The first kappa shape index (κ1) is 19.6. The number of aryl methyl sites for hydroxylation is 1. The number of halogens is 3. The Kier molecular flexibility index (Phi) is 5.55. The van der Waals surface area contributed by atoms with Crippen molar-refractivity contribution in [1.29, 1.82) is 0 Å². The molecular formula is C18H17Cl2FN4O2S. The molecule has 1 fully saturated rings. The first-order valence-corrected chi connectivity index (χ1v) is 10.4. The summed E-state index contributed by atoms with van der Waals surface area (Å²) in [5.74, 6) is -0.541. The lowest BCUT2D eigenvalue weighted by molar-refractivity contribution is 0.0396. The number of rotatable bonds is 4. The fourth-order valence-electron chi connectivity index (χ4n) is 3.15. The van der Waals surface area contributed by atoms with Crippen LogP contribution in [0.5, 0.6) is 0 Å². The van der Waals surface area contributed by atoms with Gasteiger partial charge in [0, 0.05) is 28.9 Å². The van der Waals surface area contributed by atoms with Crippen LogP contribution in [0, 0.1) is 5.82 Å². The number of morpholine rings is 1. The summed E-state index contributed by atoms with van der Waals surface area (Å²) in [6.07, 6.45) is 1.23. The van der Waals surface area contributed by atoms with Crippen molar-refractivity contribution in [1.82, 2.24) is 14.6 Å². The van der Waals surface area contributed by atoms with E-state index < -0.39 is 11.9 Å². The Morgan fingerprint density at radius 1 is 1.32 bits per heavy atom. The molecule has 28 heavy (non-hydrogen) atoms. The molecule has 1 aromatic carbocycles. The maximum Gasteiger partial charge on any atom is 0.275 e. The SMILES string of the molecule is CCCc1cc(=O)n2nc(N3CCOC(c4cc(F)c(Cl)cc4Cl)C3)sc2n1. The summed E-state index contributed by atoms with van der Waals surface area (Å²) in [6.45, 7) is 3.49. The Balaban J connectivity index is 1.64. The van der Waals surface area contributed by atoms with E-state index in [2.05, 4.69) is 10.1 Å². The van der Waals surface area contributed by atoms with Crippen molar-refractivity contribution < 1.29 is 9.13 Å². The topological polar surface area (TPSA) is 59.7 Å². The van der Waals surface area contributed by atoms with Gasteiger partial charge in [-0.1, -0.05) is 47.9 Å². The van der Waals surface area contributed by atoms with Crippen LogP contribution in [0.4, 0.5) is 9.52 Å². The van der Waals surface area contributed by atoms with E-state index in [1.54, 1.807) is 0 Å². The van der Waals surface area contributed by atoms with E-state index >= 15 is 0 Å². The molecule has 0 saturated carbocycles. The Labute approximate surface area is 174 Å². The highest BCUT2D eigenvalue weighted by atomic mass is 35.5. The fraction of sp³-hybridized carbons (Fsp3) is 0.389. The molecule has 2 aromatic heterocycles. The molecule has 3 heterocycles. The summed E-state index contributed by atoms with van der Waals surface area (Å²) in [6, 6.07) is 4.21. The van der Waals surface area contributed by atoms with E-state index in [0.717, 1.165) is 18.5 Å². The first-order chi connectivity index (χ1) is 13.5. The molecule has 6 nitrogen and oxygen atoms in total. The molecule has 148 valence electrons. The Morgan fingerprint density at radius 2 is 2.14 bits per heavy atom. The molecule has 3 aromatic rings. The number of hydrogen-bond donors (Lipinski definition) is 0. The summed E-state index contributed by atoms with van der Waals surface area (Å²) in [4.78, 5) is 19.4. The van der Waals surface area contributed by atoms with E-state index in [4.69, 9.17) is 27.9 Å². The second-order valence-corrected chi connectivity index (χ2v) is 8.26. The summed E-state index contributed by atoms with van der Waals surface area (Å²) in [5.41, 5.74) is 1.12. The Morgan fingerprint density at radius 3 is 2.93 bits per heavy atom. The van der Waals surface area contributed by atoms with Gasteiger partial charge in [0.05, 0.1) is 18.2 Å². The molecule has 0 amide bonds. The van der Waals surface area contributed by atoms with Gasteiger partial charge in [0.2, 0.25) is 10.1 Å². The van der Waals surface area contributed by atoms with E-state index in [0.29, 0.717) is 40.4 Å². The zero-order valence-corrected chi connectivity index (χ0v) is 17.3. The summed E-state index contributed by atoms with van der Waals surface area (Å²) < 4.78 is 21.0. The molecule has 1 unspecified atom stereocenters. The van der Waals surface area contributed by atoms with Gasteiger partial charge in [0.25, 0.3) is 5.56 Å². The van der Waals surface area contributed by atoms with Gasteiger partial charge in [-0.05, 0) is 18.6 Å². The van der Waals surface area contributed by atoms with Crippen LogP contribution in [-0.4, -0.2) is 34.3 Å². The average molecular weight is 443 g/mol. The quantitative estimate of drug-likeness (QED) is 0.568. The van der Waals surface area contributed by atoms with Crippen LogP contribution in [0.15, 0.2) is 23.0 Å². The lowest BCUT2D eigenvalue weighted by Gasteiger charge is -2.33. The van der Waals surface area contributed by atoms with E-state index in [1.165, 1.54) is 34.1 Å². The summed E-state index contributed by atoms with van der Waals surface area (Å²) in [5, 5.41) is 5.41. The predicted octanol–water partition coefficient (Wildman–Crippen LogP) is 4.13. The molecule has 1 saturated heterocycles.